The average Bonchev–Trinajstić information content (AvgIpc) is 2.46. The van der Waals surface area contributed by atoms with Gasteiger partial charge in [-0.2, -0.15) is 11.8 Å². The molecule has 20 heavy (non-hydrogen) atoms. The van der Waals surface area contributed by atoms with Gasteiger partial charge in [-0.3, -0.25) is 4.90 Å². The molecule has 6 heteroatoms. The maximum Gasteiger partial charge on any atom is 0.170 e. The van der Waals surface area contributed by atoms with Crippen molar-refractivity contribution in [1.29, 1.82) is 0 Å². The molecule has 3 N–H and O–H groups in total. The molecule has 5 nitrogen and oxygen atoms in total. The number of ether oxygens (including phenoxy) is 1. The number of nitrogens with two attached hydrogens (primary N) is 1. The third-order valence-corrected chi connectivity index (χ3v) is 4.08. The average molecular weight is 297 g/mol. The van der Waals surface area contributed by atoms with E-state index in [1.54, 1.807) is 13.2 Å². The summed E-state index contributed by atoms with van der Waals surface area (Å²) in [5.41, 5.74) is 7.34. The molecule has 1 aromatic carbocycles. The molecule has 0 aliphatic carbocycles. The molecule has 1 atom stereocenters. The molecule has 0 aromatic heterocycles. The van der Waals surface area contributed by atoms with Gasteiger partial charge < -0.3 is 15.7 Å². The zero-order valence-corrected chi connectivity index (χ0v) is 13.3. The maximum atomic E-state index is 8.76. The second-order valence-electron chi connectivity index (χ2n) is 4.73. The SMILES string of the molecule is COc1ccc(/C(N)=N/O)cc1CN(C)C(C)CSC. The van der Waals surface area contributed by atoms with Crippen molar-refractivity contribution in [2.24, 2.45) is 10.9 Å². The van der Waals surface area contributed by atoms with Gasteiger partial charge in [0.25, 0.3) is 0 Å². The van der Waals surface area contributed by atoms with E-state index in [1.807, 2.05) is 23.9 Å². The van der Waals surface area contributed by atoms with Crippen molar-refractivity contribution in [2.45, 2.75) is 19.5 Å². The minimum Gasteiger partial charge on any atom is -0.496 e. The molecule has 0 saturated carbocycles. The lowest BCUT2D eigenvalue weighted by Crippen LogP contribution is -2.30. The van der Waals surface area contributed by atoms with Crippen LogP contribution in [0.25, 0.3) is 0 Å². The number of oxime groups is 1. The van der Waals surface area contributed by atoms with Crippen molar-refractivity contribution < 1.29 is 9.94 Å². The Hall–Kier alpha value is -1.40. The van der Waals surface area contributed by atoms with Crippen LogP contribution in [0.2, 0.25) is 0 Å². The van der Waals surface area contributed by atoms with E-state index >= 15 is 0 Å². The van der Waals surface area contributed by atoms with E-state index in [2.05, 4.69) is 30.3 Å². The zero-order chi connectivity index (χ0) is 15.1. The van der Waals surface area contributed by atoms with Crippen LogP contribution in [0.1, 0.15) is 18.1 Å². The largest absolute Gasteiger partial charge is 0.496 e. The monoisotopic (exact) mass is 297 g/mol. The van der Waals surface area contributed by atoms with Crippen LogP contribution in [-0.4, -0.2) is 48.2 Å². The van der Waals surface area contributed by atoms with E-state index in [9.17, 15) is 0 Å². The molecule has 0 saturated heterocycles. The Morgan fingerprint density at radius 1 is 1.55 bits per heavy atom. The van der Waals surface area contributed by atoms with E-state index in [0.717, 1.165) is 23.6 Å². The van der Waals surface area contributed by atoms with Crippen LogP contribution in [0, 0.1) is 0 Å². The molecule has 1 rings (SSSR count). The molecular weight excluding hydrogens is 274 g/mol. The maximum absolute atomic E-state index is 8.76. The van der Waals surface area contributed by atoms with Crippen LogP contribution >= 0.6 is 11.8 Å². The molecule has 0 spiro atoms. The number of amidine groups is 1. The van der Waals surface area contributed by atoms with E-state index in [0.29, 0.717) is 11.6 Å². The molecule has 1 aromatic rings. The highest BCUT2D eigenvalue weighted by Gasteiger charge is 2.13. The first-order valence-electron chi connectivity index (χ1n) is 6.37. The van der Waals surface area contributed by atoms with Gasteiger partial charge in [-0.25, -0.2) is 0 Å². The van der Waals surface area contributed by atoms with Gasteiger partial charge in [-0.1, -0.05) is 5.16 Å². The summed E-state index contributed by atoms with van der Waals surface area (Å²) < 4.78 is 5.38. The van der Waals surface area contributed by atoms with E-state index < -0.39 is 0 Å². The lowest BCUT2D eigenvalue weighted by atomic mass is 10.1. The fourth-order valence-corrected chi connectivity index (χ4v) is 2.65. The second kappa shape index (κ2) is 8.01. The summed E-state index contributed by atoms with van der Waals surface area (Å²) in [5.74, 6) is 1.98. The van der Waals surface area contributed by atoms with Crippen molar-refractivity contribution in [3.8, 4) is 5.75 Å². The first-order chi connectivity index (χ1) is 9.53. The highest BCUT2D eigenvalue weighted by molar-refractivity contribution is 7.98. The number of rotatable bonds is 7. The molecule has 1 unspecified atom stereocenters. The molecule has 0 radical (unpaired) electrons. The van der Waals surface area contributed by atoms with Gasteiger partial charge in [0, 0.05) is 29.5 Å². The smallest absolute Gasteiger partial charge is 0.170 e. The third-order valence-electron chi connectivity index (χ3n) is 3.26. The van der Waals surface area contributed by atoms with Crippen LogP contribution in [0.4, 0.5) is 0 Å². The first-order valence-corrected chi connectivity index (χ1v) is 7.76. The van der Waals surface area contributed by atoms with Crippen molar-refractivity contribution in [3.05, 3.63) is 29.3 Å². The Labute approximate surface area is 124 Å². The highest BCUT2D eigenvalue weighted by Crippen LogP contribution is 2.22. The molecule has 0 aliphatic rings. The van der Waals surface area contributed by atoms with Crippen molar-refractivity contribution >= 4 is 17.6 Å². The van der Waals surface area contributed by atoms with Gasteiger partial charge in [0.2, 0.25) is 0 Å². The van der Waals surface area contributed by atoms with Crippen LogP contribution < -0.4 is 10.5 Å². The van der Waals surface area contributed by atoms with Gasteiger partial charge >= 0.3 is 0 Å². The summed E-state index contributed by atoms with van der Waals surface area (Å²) in [5, 5.41) is 11.8. The predicted octanol–water partition coefficient (Wildman–Crippen LogP) is 1.97. The Balaban J connectivity index is 2.96. The molecular formula is C14H23N3O2S. The zero-order valence-electron chi connectivity index (χ0n) is 12.5. The second-order valence-corrected chi connectivity index (χ2v) is 5.64. The summed E-state index contributed by atoms with van der Waals surface area (Å²) >= 11 is 1.83. The minimum absolute atomic E-state index is 0.105. The Kier molecular flexibility index (Phi) is 6.67. The molecule has 0 bridgehead atoms. The molecule has 0 heterocycles. The lowest BCUT2D eigenvalue weighted by molar-refractivity contribution is 0.265. The summed E-state index contributed by atoms with van der Waals surface area (Å²) in [6, 6.07) is 5.98. The fourth-order valence-electron chi connectivity index (χ4n) is 1.91. The molecule has 112 valence electrons. The summed E-state index contributed by atoms with van der Waals surface area (Å²) in [4.78, 5) is 2.25. The third kappa shape index (κ3) is 4.31. The van der Waals surface area contributed by atoms with Crippen LogP contribution in [0.5, 0.6) is 5.75 Å². The Bertz CT molecular complexity index is 466. The number of benzene rings is 1. The number of hydrogen-bond donors (Lipinski definition) is 2. The van der Waals surface area contributed by atoms with Crippen LogP contribution in [0.15, 0.2) is 23.4 Å². The van der Waals surface area contributed by atoms with Gasteiger partial charge in [0.1, 0.15) is 5.75 Å². The van der Waals surface area contributed by atoms with Gasteiger partial charge in [-0.05, 0) is 38.4 Å². The van der Waals surface area contributed by atoms with Crippen LogP contribution in [0.3, 0.4) is 0 Å². The van der Waals surface area contributed by atoms with Gasteiger partial charge in [0.15, 0.2) is 5.84 Å². The normalized spacial score (nSPS) is 13.6. The number of hydrogen-bond acceptors (Lipinski definition) is 5. The van der Waals surface area contributed by atoms with E-state index in [-0.39, 0.29) is 5.84 Å². The Morgan fingerprint density at radius 3 is 2.80 bits per heavy atom. The predicted molar refractivity (Wildman–Crippen MR) is 84.8 cm³/mol. The van der Waals surface area contributed by atoms with E-state index in [1.165, 1.54) is 0 Å². The lowest BCUT2D eigenvalue weighted by Gasteiger charge is -2.25. The van der Waals surface area contributed by atoms with Gasteiger partial charge in [-0.15, -0.1) is 0 Å². The summed E-state index contributed by atoms with van der Waals surface area (Å²) in [7, 11) is 3.73. The molecule has 0 aliphatic heterocycles. The number of nitrogens with zero attached hydrogens (tertiary/aromatic N) is 2. The van der Waals surface area contributed by atoms with Gasteiger partial charge in [0.05, 0.1) is 7.11 Å². The number of methoxy groups -OCH3 is 1. The van der Waals surface area contributed by atoms with Crippen molar-refractivity contribution in [1.82, 2.24) is 4.90 Å². The summed E-state index contributed by atoms with van der Waals surface area (Å²) in [6.45, 7) is 2.94. The highest BCUT2D eigenvalue weighted by atomic mass is 32.2. The van der Waals surface area contributed by atoms with Crippen molar-refractivity contribution in [2.75, 3.05) is 26.2 Å². The fraction of sp³-hybridized carbons (Fsp3) is 0.500. The topological polar surface area (TPSA) is 71.1 Å². The van der Waals surface area contributed by atoms with E-state index in [4.69, 9.17) is 15.7 Å². The quantitative estimate of drug-likeness (QED) is 0.348. The summed E-state index contributed by atoms with van der Waals surface area (Å²) in [6.07, 6.45) is 2.10. The van der Waals surface area contributed by atoms with Crippen LogP contribution in [-0.2, 0) is 6.54 Å². The molecule has 0 amide bonds. The number of thioether (sulfide) groups is 1. The first kappa shape index (κ1) is 16.7. The Morgan fingerprint density at radius 2 is 2.25 bits per heavy atom. The minimum atomic E-state index is 0.105. The van der Waals surface area contributed by atoms with Crippen molar-refractivity contribution in [3.63, 3.8) is 0 Å². The standard InChI is InChI=1S/C14H23N3O2S/c1-10(9-20-4)17(2)8-12-7-11(14(15)16-18)5-6-13(12)19-3/h5-7,10,18H,8-9H2,1-4H3,(H2,15,16). The molecule has 0 fully saturated rings.